The Labute approximate surface area is 125 Å². The predicted molar refractivity (Wildman–Crippen MR) is 55.9 cm³/mol. The summed E-state index contributed by atoms with van der Waals surface area (Å²) < 4.78 is 0. The Morgan fingerprint density at radius 3 is 2.59 bits per heavy atom. The Kier molecular flexibility index (Phi) is 4.65. The quantitative estimate of drug-likeness (QED) is 0.319. The first-order valence-electron chi connectivity index (χ1n) is 4.61. The van der Waals surface area contributed by atoms with Gasteiger partial charge in [0.2, 0.25) is 5.91 Å². The average molecular weight is 267 g/mol. The molecule has 3 atom stereocenters. The zero-order valence-corrected chi connectivity index (χ0v) is 11.9. The van der Waals surface area contributed by atoms with Crippen molar-refractivity contribution in [3.05, 3.63) is 12.2 Å². The van der Waals surface area contributed by atoms with E-state index in [4.69, 9.17) is 10.2 Å². The van der Waals surface area contributed by atoms with Crippen LogP contribution in [0.3, 0.4) is 0 Å². The van der Waals surface area contributed by atoms with Crippen molar-refractivity contribution >= 4 is 29.6 Å². The largest absolute Gasteiger partial charge is 1.00 e. The fraction of sp³-hybridized carbons (Fsp3) is 0.444. The molecule has 2 fully saturated rings. The number of β-lactam (4-membered cyclic amide) rings is 1. The molecule has 88 valence electrons. The van der Waals surface area contributed by atoms with Crippen LogP contribution in [0.25, 0.3) is 0 Å². The summed E-state index contributed by atoms with van der Waals surface area (Å²) in [5, 5.41) is 16.9. The Balaban J connectivity index is 0.00000144. The number of carboxylic acid groups (broad SMARTS) is 2. The number of thioether (sulfide) groups is 1. The molecule has 0 aromatic heterocycles. The van der Waals surface area contributed by atoms with Crippen LogP contribution in [0.2, 0.25) is 0 Å². The Bertz CT molecular complexity index is 404. The SMILES string of the molecule is O=C(O)C=CC1S[C@@H]2CC(=O)N2C1C(=O)O.[H-].[Na+]. The molecule has 0 spiro atoms. The van der Waals surface area contributed by atoms with E-state index < -0.39 is 23.2 Å². The molecule has 2 N–H and O–H groups in total. The van der Waals surface area contributed by atoms with Gasteiger partial charge in [0.25, 0.3) is 0 Å². The third-order valence-corrected chi connectivity index (χ3v) is 3.99. The smallest absolute Gasteiger partial charge is 1.00 e. The van der Waals surface area contributed by atoms with Gasteiger partial charge in [-0.15, -0.1) is 11.8 Å². The molecule has 2 aliphatic rings. The van der Waals surface area contributed by atoms with Crippen LogP contribution in [0.5, 0.6) is 0 Å². The zero-order chi connectivity index (χ0) is 11.9. The van der Waals surface area contributed by atoms with Crippen molar-refractivity contribution in [3.8, 4) is 0 Å². The number of aliphatic carboxylic acids is 2. The van der Waals surface area contributed by atoms with Crippen molar-refractivity contribution in [1.82, 2.24) is 4.90 Å². The minimum atomic E-state index is -1.12. The van der Waals surface area contributed by atoms with Crippen molar-refractivity contribution in [1.29, 1.82) is 0 Å². The fourth-order valence-electron chi connectivity index (χ4n) is 1.85. The molecular weight excluding hydrogens is 257 g/mol. The molecule has 0 aromatic rings. The van der Waals surface area contributed by atoms with Crippen LogP contribution in [0.1, 0.15) is 7.85 Å². The topological polar surface area (TPSA) is 94.9 Å². The van der Waals surface area contributed by atoms with E-state index in [9.17, 15) is 14.4 Å². The number of amides is 1. The van der Waals surface area contributed by atoms with E-state index in [1.54, 1.807) is 0 Å². The van der Waals surface area contributed by atoms with Crippen LogP contribution in [0.15, 0.2) is 12.2 Å². The average Bonchev–Trinajstić information content (AvgIpc) is 2.47. The number of hydrogen-bond acceptors (Lipinski definition) is 4. The molecule has 0 bridgehead atoms. The van der Waals surface area contributed by atoms with E-state index in [2.05, 4.69) is 0 Å². The summed E-state index contributed by atoms with van der Waals surface area (Å²) in [5.41, 5.74) is 0. The molecule has 8 heteroatoms. The van der Waals surface area contributed by atoms with Crippen molar-refractivity contribution in [2.24, 2.45) is 0 Å². The summed E-state index contributed by atoms with van der Waals surface area (Å²) in [7, 11) is 0. The third-order valence-electron chi connectivity index (χ3n) is 2.55. The van der Waals surface area contributed by atoms with Crippen LogP contribution >= 0.6 is 11.8 Å². The molecule has 2 aliphatic heterocycles. The second kappa shape index (κ2) is 5.43. The maximum atomic E-state index is 11.2. The first-order chi connectivity index (χ1) is 7.50. The number of fused-ring (bicyclic) bond motifs is 1. The van der Waals surface area contributed by atoms with Gasteiger partial charge >= 0.3 is 41.5 Å². The molecule has 2 saturated heterocycles. The van der Waals surface area contributed by atoms with E-state index in [1.165, 1.54) is 22.7 Å². The molecule has 0 saturated carbocycles. The molecule has 17 heavy (non-hydrogen) atoms. The van der Waals surface area contributed by atoms with E-state index >= 15 is 0 Å². The summed E-state index contributed by atoms with van der Waals surface area (Å²) >= 11 is 1.32. The first-order valence-corrected chi connectivity index (χ1v) is 5.55. The summed E-state index contributed by atoms with van der Waals surface area (Å²) in [6.07, 6.45) is 2.59. The molecule has 0 radical (unpaired) electrons. The monoisotopic (exact) mass is 267 g/mol. The Morgan fingerprint density at radius 1 is 1.47 bits per heavy atom. The van der Waals surface area contributed by atoms with E-state index in [0.717, 1.165) is 6.08 Å². The van der Waals surface area contributed by atoms with Gasteiger partial charge in [-0.3, -0.25) is 4.79 Å². The molecule has 0 aliphatic carbocycles. The minimum Gasteiger partial charge on any atom is -1.00 e. The maximum absolute atomic E-state index is 11.2. The van der Waals surface area contributed by atoms with Crippen LogP contribution in [-0.4, -0.2) is 49.6 Å². The Hall–Kier alpha value is -0.500. The first kappa shape index (κ1) is 14.6. The number of hydrogen-bond donors (Lipinski definition) is 2. The van der Waals surface area contributed by atoms with Gasteiger partial charge in [0.05, 0.1) is 17.0 Å². The number of carboxylic acids is 2. The summed E-state index contributed by atoms with van der Waals surface area (Å²) in [6.45, 7) is 0. The van der Waals surface area contributed by atoms with Gasteiger partial charge in [0.15, 0.2) is 0 Å². The fourth-order valence-corrected chi connectivity index (χ4v) is 3.40. The van der Waals surface area contributed by atoms with Gasteiger partial charge in [-0.05, 0) is 0 Å². The van der Waals surface area contributed by atoms with Gasteiger partial charge in [0, 0.05) is 6.08 Å². The van der Waals surface area contributed by atoms with Crippen LogP contribution in [0, 0.1) is 0 Å². The minimum absolute atomic E-state index is 0. The van der Waals surface area contributed by atoms with Crippen LogP contribution in [0.4, 0.5) is 0 Å². The normalized spacial score (nSPS) is 30.7. The zero-order valence-electron chi connectivity index (χ0n) is 10.1. The molecule has 1 amide bonds. The second-order valence-corrected chi connectivity index (χ2v) is 4.90. The van der Waals surface area contributed by atoms with Gasteiger partial charge in [-0.25, -0.2) is 9.59 Å². The van der Waals surface area contributed by atoms with Gasteiger partial charge in [-0.1, -0.05) is 6.08 Å². The molecular formula is C9H10NNaO5S. The van der Waals surface area contributed by atoms with Crippen molar-refractivity contribution < 1.29 is 55.6 Å². The second-order valence-electron chi connectivity index (χ2n) is 3.54. The summed E-state index contributed by atoms with van der Waals surface area (Å²) in [5.74, 6) is -2.40. The number of carbonyl (C=O) groups excluding carboxylic acids is 1. The van der Waals surface area contributed by atoms with Crippen molar-refractivity contribution in [2.75, 3.05) is 0 Å². The number of rotatable bonds is 3. The number of nitrogens with zero attached hydrogens (tertiary/aromatic N) is 1. The Morgan fingerprint density at radius 2 is 2.12 bits per heavy atom. The molecule has 2 heterocycles. The van der Waals surface area contributed by atoms with Crippen LogP contribution in [-0.2, 0) is 14.4 Å². The van der Waals surface area contributed by atoms with E-state index in [1.807, 2.05) is 0 Å². The maximum Gasteiger partial charge on any atom is 1.00 e. The summed E-state index contributed by atoms with van der Waals surface area (Å²) in [4.78, 5) is 33.9. The van der Waals surface area contributed by atoms with E-state index in [-0.39, 0.29) is 42.3 Å². The number of carbonyl (C=O) groups is 3. The van der Waals surface area contributed by atoms with Gasteiger partial charge in [0.1, 0.15) is 6.04 Å². The predicted octanol–water partition coefficient (Wildman–Crippen LogP) is -3.13. The molecule has 0 aromatic carbocycles. The standard InChI is InChI=1S/C9H9NO5S.Na.H/c11-5-3-6-10(5)8(9(14)15)4(16-6)1-2-7(12)13;;/h1-2,4,6,8H,3H2,(H,12,13)(H,14,15);;/q;+1;-1/t4?,6-,8?;;/m1../s1. The van der Waals surface area contributed by atoms with Crippen LogP contribution < -0.4 is 29.6 Å². The molecule has 2 rings (SSSR count). The van der Waals surface area contributed by atoms with Gasteiger partial charge < -0.3 is 16.5 Å². The van der Waals surface area contributed by atoms with E-state index in [0.29, 0.717) is 6.42 Å². The third kappa shape index (κ3) is 2.67. The summed E-state index contributed by atoms with van der Waals surface area (Å²) in [6, 6.07) is -0.938. The molecule has 6 nitrogen and oxygen atoms in total. The molecule has 2 unspecified atom stereocenters. The van der Waals surface area contributed by atoms with Crippen molar-refractivity contribution in [2.45, 2.75) is 23.1 Å². The van der Waals surface area contributed by atoms with Crippen molar-refractivity contribution in [3.63, 3.8) is 0 Å². The van der Waals surface area contributed by atoms with Gasteiger partial charge in [-0.2, -0.15) is 0 Å².